The number of nitrogens with one attached hydrogen (secondary N) is 2. The minimum Gasteiger partial charge on any atom is -0.384 e. The molecule has 34 heavy (non-hydrogen) atoms. The molecule has 0 bridgehead atoms. The molecule has 0 saturated heterocycles. The van der Waals surface area contributed by atoms with E-state index in [1.54, 1.807) is 12.1 Å². The Labute approximate surface area is 194 Å². The summed E-state index contributed by atoms with van der Waals surface area (Å²) in [6.45, 7) is 0. The lowest BCUT2D eigenvalue weighted by molar-refractivity contribution is -0.155. The van der Waals surface area contributed by atoms with Gasteiger partial charge in [-0.3, -0.25) is 10.2 Å². The number of hydrogen-bond acceptors (Lipinski definition) is 4. The van der Waals surface area contributed by atoms with Crippen LogP contribution in [0.25, 0.3) is 11.1 Å². The van der Waals surface area contributed by atoms with Gasteiger partial charge in [-0.1, -0.05) is 48.5 Å². The van der Waals surface area contributed by atoms with Crippen LogP contribution in [0.2, 0.25) is 0 Å². The highest BCUT2D eigenvalue weighted by Gasteiger charge is 2.42. The van der Waals surface area contributed by atoms with E-state index < -0.39 is 34.4 Å². The zero-order chi connectivity index (χ0) is 25.1. The average Bonchev–Trinajstić information content (AvgIpc) is 2.77. The summed E-state index contributed by atoms with van der Waals surface area (Å²) in [5.74, 6) is -3.34. The van der Waals surface area contributed by atoms with Gasteiger partial charge in [-0.2, -0.15) is 13.2 Å². The van der Waals surface area contributed by atoms with Crippen LogP contribution in [-0.2, 0) is 14.8 Å². The Balaban J connectivity index is 1.79. The zero-order valence-corrected chi connectivity index (χ0v) is 18.5. The number of alkyl halides is 3. The normalized spacial score (nSPS) is 12.7. The number of primary sulfonamides is 1. The van der Waals surface area contributed by atoms with Crippen molar-refractivity contribution in [1.29, 1.82) is 5.41 Å². The number of amidine groups is 1. The number of benzene rings is 3. The van der Waals surface area contributed by atoms with E-state index in [2.05, 4.69) is 5.32 Å². The maximum Gasteiger partial charge on any atom is 0.396 e. The third-order valence-corrected chi connectivity index (χ3v) is 6.03. The van der Waals surface area contributed by atoms with E-state index in [0.717, 1.165) is 6.07 Å². The molecule has 0 radical (unpaired) electrons. The van der Waals surface area contributed by atoms with Gasteiger partial charge in [0.1, 0.15) is 5.84 Å². The molecular weight excluding hydrogens is 469 g/mol. The van der Waals surface area contributed by atoms with Gasteiger partial charge in [0.25, 0.3) is 0 Å². The first-order chi connectivity index (χ1) is 15.9. The zero-order valence-electron chi connectivity index (χ0n) is 17.6. The first-order valence-corrected chi connectivity index (χ1v) is 11.4. The van der Waals surface area contributed by atoms with Crippen LogP contribution < -0.4 is 16.2 Å². The van der Waals surface area contributed by atoms with Gasteiger partial charge in [0.15, 0.2) is 0 Å². The van der Waals surface area contributed by atoms with Crippen molar-refractivity contribution in [3.8, 4) is 11.1 Å². The monoisotopic (exact) mass is 490 g/mol. The van der Waals surface area contributed by atoms with Crippen molar-refractivity contribution in [3.05, 3.63) is 83.9 Å². The van der Waals surface area contributed by atoms with E-state index in [4.69, 9.17) is 16.3 Å². The molecular formula is C23H21F3N4O3S. The van der Waals surface area contributed by atoms with Crippen LogP contribution in [0, 0.1) is 5.41 Å². The van der Waals surface area contributed by atoms with Gasteiger partial charge in [0.2, 0.25) is 15.9 Å². The lowest BCUT2D eigenvalue weighted by Crippen LogP contribution is -2.26. The minimum absolute atomic E-state index is 0.0763. The number of carbonyl (C=O) groups is 1. The number of halogens is 3. The van der Waals surface area contributed by atoms with Crippen LogP contribution in [-0.4, -0.2) is 26.3 Å². The summed E-state index contributed by atoms with van der Waals surface area (Å²) >= 11 is 0. The number of nitrogen functional groups attached to an aromatic ring is 1. The highest BCUT2D eigenvalue weighted by atomic mass is 32.2. The highest BCUT2D eigenvalue weighted by Crippen LogP contribution is 2.38. The summed E-state index contributed by atoms with van der Waals surface area (Å²) in [5.41, 5.74) is 6.40. The molecule has 1 unspecified atom stereocenters. The van der Waals surface area contributed by atoms with Gasteiger partial charge >= 0.3 is 6.18 Å². The van der Waals surface area contributed by atoms with Gasteiger partial charge in [-0.25, -0.2) is 13.6 Å². The molecule has 0 saturated carbocycles. The number of hydrogen-bond donors (Lipinski definition) is 4. The van der Waals surface area contributed by atoms with Crippen molar-refractivity contribution in [3.63, 3.8) is 0 Å². The van der Waals surface area contributed by atoms with Crippen molar-refractivity contribution in [2.75, 3.05) is 5.32 Å². The molecule has 0 spiro atoms. The van der Waals surface area contributed by atoms with Gasteiger partial charge in [-0.05, 0) is 35.4 Å². The predicted octanol–water partition coefficient (Wildman–Crippen LogP) is 3.96. The first-order valence-electron chi connectivity index (χ1n) is 9.89. The Morgan fingerprint density at radius 3 is 2.24 bits per heavy atom. The van der Waals surface area contributed by atoms with Crippen molar-refractivity contribution in [2.45, 2.75) is 23.4 Å². The molecule has 7 nitrogen and oxygen atoms in total. The second-order valence-corrected chi connectivity index (χ2v) is 9.03. The third-order valence-electron chi connectivity index (χ3n) is 5.06. The largest absolute Gasteiger partial charge is 0.396 e. The van der Waals surface area contributed by atoms with Crippen LogP contribution in [0.5, 0.6) is 0 Å². The summed E-state index contributed by atoms with van der Waals surface area (Å²) in [4.78, 5) is 12.4. The van der Waals surface area contributed by atoms with Gasteiger partial charge in [-0.15, -0.1) is 0 Å². The van der Waals surface area contributed by atoms with E-state index in [0.29, 0.717) is 11.1 Å². The molecule has 11 heteroatoms. The Morgan fingerprint density at radius 1 is 1.00 bits per heavy atom. The molecule has 0 aliphatic heterocycles. The first kappa shape index (κ1) is 24.9. The maximum absolute atomic E-state index is 13.7. The molecule has 0 aromatic heterocycles. The smallest absolute Gasteiger partial charge is 0.384 e. The molecule has 1 atom stereocenters. The minimum atomic E-state index is -4.70. The maximum atomic E-state index is 13.7. The topological polar surface area (TPSA) is 139 Å². The second-order valence-electron chi connectivity index (χ2n) is 7.50. The quantitative estimate of drug-likeness (QED) is 0.294. The van der Waals surface area contributed by atoms with Crippen LogP contribution in [0.15, 0.2) is 77.7 Å². The SMILES string of the molecule is N=C(N)c1cccc(C(CC(=O)Nc2ccc(-c3ccccc3S(N)(=O)=O)cc2)C(F)(F)F)c1. The molecule has 3 aromatic rings. The number of sulfonamides is 1. The van der Waals surface area contributed by atoms with Crippen LogP contribution in [0.1, 0.15) is 23.5 Å². The van der Waals surface area contributed by atoms with E-state index in [9.17, 15) is 26.4 Å². The number of anilines is 1. The Kier molecular flexibility index (Phi) is 7.08. The van der Waals surface area contributed by atoms with E-state index >= 15 is 0 Å². The highest BCUT2D eigenvalue weighted by molar-refractivity contribution is 7.89. The number of nitrogens with two attached hydrogens (primary N) is 2. The lowest BCUT2D eigenvalue weighted by Gasteiger charge is -2.21. The third kappa shape index (κ3) is 6.00. The number of amides is 1. The van der Waals surface area contributed by atoms with Crippen molar-refractivity contribution in [1.82, 2.24) is 0 Å². The summed E-state index contributed by atoms with van der Waals surface area (Å²) in [5, 5.41) is 15.1. The molecule has 0 heterocycles. The number of carbonyl (C=O) groups excluding carboxylic acids is 1. The van der Waals surface area contributed by atoms with Crippen LogP contribution in [0.4, 0.5) is 18.9 Å². The molecule has 0 aliphatic rings. The van der Waals surface area contributed by atoms with Crippen LogP contribution >= 0.6 is 0 Å². The summed E-state index contributed by atoms with van der Waals surface area (Å²) in [6.07, 6.45) is -5.57. The molecule has 0 fully saturated rings. The van der Waals surface area contributed by atoms with E-state index in [-0.39, 0.29) is 27.5 Å². The predicted molar refractivity (Wildman–Crippen MR) is 123 cm³/mol. The second kappa shape index (κ2) is 9.65. The molecule has 3 aromatic carbocycles. The number of rotatable bonds is 7. The van der Waals surface area contributed by atoms with E-state index in [1.165, 1.54) is 54.6 Å². The fourth-order valence-corrected chi connectivity index (χ4v) is 4.19. The fourth-order valence-electron chi connectivity index (χ4n) is 3.43. The molecule has 0 aliphatic carbocycles. The Bertz CT molecular complexity index is 1320. The summed E-state index contributed by atoms with van der Waals surface area (Å²) in [7, 11) is -3.97. The van der Waals surface area contributed by atoms with Gasteiger partial charge < -0.3 is 11.1 Å². The van der Waals surface area contributed by atoms with Crippen LogP contribution in [0.3, 0.4) is 0 Å². The molecule has 6 N–H and O–H groups in total. The Morgan fingerprint density at radius 2 is 1.65 bits per heavy atom. The van der Waals surface area contributed by atoms with Crippen molar-refractivity contribution >= 4 is 27.5 Å². The lowest BCUT2D eigenvalue weighted by atomic mass is 9.93. The van der Waals surface area contributed by atoms with Gasteiger partial charge in [0.05, 0.1) is 10.8 Å². The Hall–Kier alpha value is -3.70. The van der Waals surface area contributed by atoms with E-state index in [1.807, 2.05) is 0 Å². The van der Waals surface area contributed by atoms with Crippen molar-refractivity contribution in [2.24, 2.45) is 10.9 Å². The molecule has 178 valence electrons. The summed E-state index contributed by atoms with van der Waals surface area (Å²) in [6, 6.07) is 17.2. The fraction of sp³-hybridized carbons (Fsp3) is 0.130. The van der Waals surface area contributed by atoms with Gasteiger partial charge in [0, 0.05) is 23.2 Å². The summed E-state index contributed by atoms with van der Waals surface area (Å²) < 4.78 is 64.7. The molecule has 1 amide bonds. The average molecular weight is 491 g/mol. The van der Waals surface area contributed by atoms with Crippen molar-refractivity contribution < 1.29 is 26.4 Å². The standard InChI is InChI=1S/C23H21F3N4O3S/c24-23(25,26)19(15-4-3-5-16(12-15)22(27)28)13-21(31)30-17-10-8-14(9-11-17)18-6-1-2-7-20(18)34(29,32)33/h1-12,19H,13H2,(H3,27,28)(H,30,31)(H2,29,32,33). The molecule has 3 rings (SSSR count).